The molecule has 0 aliphatic carbocycles. The summed E-state index contributed by atoms with van der Waals surface area (Å²) >= 11 is 0. The van der Waals surface area contributed by atoms with Crippen LogP contribution < -0.4 is 15.8 Å². The number of nitrogens with one attached hydrogen (secondary N) is 1. The van der Waals surface area contributed by atoms with Crippen LogP contribution in [0, 0.1) is 5.82 Å². The number of aromatic nitrogens is 3. The molecule has 3 aromatic rings. The highest BCUT2D eigenvalue weighted by molar-refractivity contribution is 5.76. The number of β-amino-alcohol motifs (C(OH)–C–C–N with tert-alkyl or cyclic N) is 1. The molecule has 0 bridgehead atoms. The summed E-state index contributed by atoms with van der Waals surface area (Å²) in [6.45, 7) is 2.00. The number of aliphatic hydroxyl groups excluding tert-OH is 1. The molecule has 8 nitrogen and oxygen atoms in total. The van der Waals surface area contributed by atoms with Crippen molar-refractivity contribution in [3.05, 3.63) is 48.2 Å². The quantitative estimate of drug-likeness (QED) is 0.611. The predicted molar refractivity (Wildman–Crippen MR) is 103 cm³/mol. The maximum atomic E-state index is 13.7. The van der Waals surface area contributed by atoms with Crippen LogP contribution in [0.5, 0.6) is 5.75 Å². The van der Waals surface area contributed by atoms with Crippen molar-refractivity contribution in [1.29, 1.82) is 0 Å². The molecule has 0 spiro atoms. The summed E-state index contributed by atoms with van der Waals surface area (Å²) < 4.78 is 20.5. The van der Waals surface area contributed by atoms with Gasteiger partial charge in [-0.2, -0.15) is 5.10 Å². The Hall–Kier alpha value is -2.75. The average molecular weight is 386 g/mol. The Kier molecular flexibility index (Phi) is 5.12. The first-order valence-electron chi connectivity index (χ1n) is 9.13. The normalized spacial score (nSPS) is 20.4. The summed E-state index contributed by atoms with van der Waals surface area (Å²) in [4.78, 5) is 6.54. The average Bonchev–Trinajstić information content (AvgIpc) is 3.10. The molecule has 1 aliphatic heterocycles. The molecule has 148 valence electrons. The second-order valence-electron chi connectivity index (χ2n) is 6.97. The number of nitrogens with two attached hydrogens (primary N) is 1. The summed E-state index contributed by atoms with van der Waals surface area (Å²) in [5, 5.41) is 17.5. The highest BCUT2D eigenvalue weighted by Crippen LogP contribution is 2.27. The van der Waals surface area contributed by atoms with Gasteiger partial charge in [-0.25, -0.2) is 13.9 Å². The number of aliphatic hydroxyl groups is 1. The van der Waals surface area contributed by atoms with E-state index < -0.39 is 11.9 Å². The van der Waals surface area contributed by atoms with Crippen molar-refractivity contribution in [3.8, 4) is 5.75 Å². The fourth-order valence-electron chi connectivity index (χ4n) is 3.51. The Morgan fingerprint density at radius 3 is 3.04 bits per heavy atom. The molecule has 1 fully saturated rings. The molecule has 9 heteroatoms. The number of piperidine rings is 1. The van der Waals surface area contributed by atoms with E-state index in [9.17, 15) is 9.50 Å². The molecule has 2 atom stereocenters. The van der Waals surface area contributed by atoms with E-state index in [-0.39, 0.29) is 11.8 Å². The Bertz CT molecular complexity index is 978. The van der Waals surface area contributed by atoms with Crippen molar-refractivity contribution >= 4 is 17.0 Å². The molecular formula is C19H23FN6O2. The molecular weight excluding hydrogens is 363 g/mol. The molecule has 28 heavy (non-hydrogen) atoms. The number of nitrogens with zero attached hydrogens (tertiary/aromatic N) is 4. The van der Waals surface area contributed by atoms with Gasteiger partial charge in [0.1, 0.15) is 11.8 Å². The van der Waals surface area contributed by atoms with E-state index in [1.54, 1.807) is 16.6 Å². The standard InChI is InChI=1S/C19H23FN6O2/c1-28-17-8-13(2-3-14(17)20)24-19-18-12(4-7-26(18)23-11-22-19)9-25-6-5-15(21)16(27)10-25/h2-4,7-8,11,15-16,27H,5-6,9-10,21H2,1H3,(H,22,23,24)/t15-,16-/m1/s1. The molecule has 2 aromatic heterocycles. The van der Waals surface area contributed by atoms with Gasteiger partial charge in [-0.3, -0.25) is 4.90 Å². The number of fused-ring (bicyclic) bond motifs is 1. The monoisotopic (exact) mass is 386 g/mol. The van der Waals surface area contributed by atoms with Crippen LogP contribution in [0.25, 0.3) is 5.52 Å². The van der Waals surface area contributed by atoms with Crippen LogP contribution in [0.3, 0.4) is 0 Å². The molecule has 0 amide bonds. The molecule has 1 saturated heterocycles. The molecule has 1 aromatic carbocycles. The van der Waals surface area contributed by atoms with Gasteiger partial charge in [-0.05, 0) is 30.2 Å². The number of anilines is 2. The van der Waals surface area contributed by atoms with Gasteiger partial charge in [0.05, 0.1) is 13.2 Å². The van der Waals surface area contributed by atoms with E-state index in [2.05, 4.69) is 20.3 Å². The number of hydrogen-bond acceptors (Lipinski definition) is 7. The summed E-state index contributed by atoms with van der Waals surface area (Å²) in [6, 6.07) is 6.37. The van der Waals surface area contributed by atoms with Crippen molar-refractivity contribution in [2.24, 2.45) is 5.73 Å². The number of likely N-dealkylation sites (tertiary alicyclic amines) is 1. The first kappa shape index (κ1) is 18.6. The lowest BCUT2D eigenvalue weighted by atomic mass is 10.0. The van der Waals surface area contributed by atoms with Crippen molar-refractivity contribution < 1.29 is 14.2 Å². The van der Waals surface area contributed by atoms with Crippen LogP contribution in [-0.4, -0.2) is 56.9 Å². The van der Waals surface area contributed by atoms with Crippen LogP contribution in [0.15, 0.2) is 36.8 Å². The van der Waals surface area contributed by atoms with Crippen LogP contribution >= 0.6 is 0 Å². The lowest BCUT2D eigenvalue weighted by molar-refractivity contribution is 0.0501. The van der Waals surface area contributed by atoms with Crippen molar-refractivity contribution in [3.63, 3.8) is 0 Å². The van der Waals surface area contributed by atoms with Gasteiger partial charge in [0.2, 0.25) is 0 Å². The topological polar surface area (TPSA) is 101 Å². The van der Waals surface area contributed by atoms with Crippen molar-refractivity contribution in [1.82, 2.24) is 19.5 Å². The van der Waals surface area contributed by atoms with Gasteiger partial charge in [-0.1, -0.05) is 0 Å². The van der Waals surface area contributed by atoms with Gasteiger partial charge < -0.3 is 20.9 Å². The summed E-state index contributed by atoms with van der Waals surface area (Å²) in [5.74, 6) is 0.341. The third kappa shape index (κ3) is 3.64. The number of ether oxygens (including phenoxy) is 1. The SMILES string of the molecule is COc1cc(Nc2ncnn3ccc(CN4CC[C@@H](N)[C@H](O)C4)c23)ccc1F. The predicted octanol–water partition coefficient (Wildman–Crippen LogP) is 1.51. The zero-order chi connectivity index (χ0) is 19.7. The lowest BCUT2D eigenvalue weighted by Crippen LogP contribution is -2.50. The first-order valence-corrected chi connectivity index (χ1v) is 9.13. The highest BCUT2D eigenvalue weighted by Gasteiger charge is 2.25. The fourth-order valence-corrected chi connectivity index (χ4v) is 3.51. The third-order valence-corrected chi connectivity index (χ3v) is 5.06. The number of benzene rings is 1. The smallest absolute Gasteiger partial charge is 0.165 e. The van der Waals surface area contributed by atoms with E-state index in [1.165, 1.54) is 19.5 Å². The number of halogens is 1. The number of hydrogen-bond donors (Lipinski definition) is 3. The van der Waals surface area contributed by atoms with E-state index in [1.807, 2.05) is 12.3 Å². The van der Waals surface area contributed by atoms with E-state index in [0.29, 0.717) is 24.6 Å². The van der Waals surface area contributed by atoms with Gasteiger partial charge in [-0.15, -0.1) is 0 Å². The van der Waals surface area contributed by atoms with Gasteiger partial charge in [0.25, 0.3) is 0 Å². The Labute approximate surface area is 161 Å². The molecule has 0 radical (unpaired) electrons. The van der Waals surface area contributed by atoms with Crippen LogP contribution in [0.4, 0.5) is 15.9 Å². The first-order chi connectivity index (χ1) is 13.5. The summed E-state index contributed by atoms with van der Waals surface area (Å²) in [5.41, 5.74) is 8.42. The van der Waals surface area contributed by atoms with E-state index in [4.69, 9.17) is 10.5 Å². The largest absolute Gasteiger partial charge is 0.494 e. The molecule has 4 N–H and O–H groups in total. The highest BCUT2D eigenvalue weighted by atomic mass is 19.1. The molecule has 0 unspecified atom stereocenters. The summed E-state index contributed by atoms with van der Waals surface area (Å²) in [6.07, 6.45) is 3.56. The molecule has 3 heterocycles. The zero-order valence-electron chi connectivity index (χ0n) is 15.5. The van der Waals surface area contributed by atoms with Crippen LogP contribution in [0.1, 0.15) is 12.0 Å². The minimum Gasteiger partial charge on any atom is -0.494 e. The van der Waals surface area contributed by atoms with Crippen LogP contribution in [-0.2, 0) is 6.54 Å². The van der Waals surface area contributed by atoms with E-state index in [0.717, 1.165) is 24.0 Å². The zero-order valence-corrected chi connectivity index (χ0v) is 15.5. The molecule has 0 saturated carbocycles. The summed E-state index contributed by atoms with van der Waals surface area (Å²) in [7, 11) is 1.43. The van der Waals surface area contributed by atoms with Gasteiger partial charge in [0.15, 0.2) is 17.4 Å². The second-order valence-corrected chi connectivity index (χ2v) is 6.97. The lowest BCUT2D eigenvalue weighted by Gasteiger charge is -2.33. The Balaban J connectivity index is 1.62. The number of methoxy groups -OCH3 is 1. The minimum atomic E-state index is -0.525. The third-order valence-electron chi connectivity index (χ3n) is 5.06. The molecule has 4 rings (SSSR count). The van der Waals surface area contributed by atoms with Crippen LogP contribution in [0.2, 0.25) is 0 Å². The Morgan fingerprint density at radius 1 is 1.39 bits per heavy atom. The minimum absolute atomic E-state index is 0.157. The van der Waals surface area contributed by atoms with Gasteiger partial charge in [0, 0.05) is 43.6 Å². The van der Waals surface area contributed by atoms with Crippen molar-refractivity contribution in [2.75, 3.05) is 25.5 Å². The fraction of sp³-hybridized carbons (Fsp3) is 0.368. The number of rotatable bonds is 5. The maximum absolute atomic E-state index is 13.7. The van der Waals surface area contributed by atoms with E-state index >= 15 is 0 Å². The molecule has 1 aliphatic rings. The second kappa shape index (κ2) is 7.70. The van der Waals surface area contributed by atoms with Gasteiger partial charge >= 0.3 is 0 Å². The Morgan fingerprint density at radius 2 is 2.25 bits per heavy atom. The van der Waals surface area contributed by atoms with Crippen molar-refractivity contribution in [2.45, 2.75) is 25.1 Å². The maximum Gasteiger partial charge on any atom is 0.165 e.